The quantitative estimate of drug-likeness (QED) is 0.602. The largest absolute Gasteiger partial charge is 0.340 e. The fourth-order valence-electron chi connectivity index (χ4n) is 2.69. The molecule has 0 aliphatic rings. The molecule has 0 radical (unpaired) electrons. The molecule has 108 valence electrons. The number of aromatic amines is 1. The smallest absolute Gasteiger partial charge is 0.183 e. The average Bonchev–Trinajstić information content (AvgIpc) is 2.97. The Labute approximate surface area is 127 Å². The van der Waals surface area contributed by atoms with Gasteiger partial charge >= 0.3 is 0 Å². The van der Waals surface area contributed by atoms with E-state index in [0.29, 0.717) is 5.65 Å². The Morgan fingerprint density at radius 1 is 1.05 bits per heavy atom. The number of rotatable bonds is 3. The fourth-order valence-corrected chi connectivity index (χ4v) is 2.69. The zero-order valence-electron chi connectivity index (χ0n) is 12.2. The minimum Gasteiger partial charge on any atom is -0.340 e. The van der Waals surface area contributed by atoms with Crippen LogP contribution in [0.4, 0.5) is 11.5 Å². The van der Waals surface area contributed by atoms with E-state index in [2.05, 4.69) is 50.6 Å². The summed E-state index contributed by atoms with van der Waals surface area (Å²) in [6.45, 7) is 2.12. The van der Waals surface area contributed by atoms with Gasteiger partial charge in [0.1, 0.15) is 5.82 Å². The lowest BCUT2D eigenvalue weighted by Crippen LogP contribution is -1.93. The molecular weight excluding hydrogens is 274 g/mol. The van der Waals surface area contributed by atoms with Crippen molar-refractivity contribution in [1.29, 1.82) is 0 Å². The molecule has 0 atom stereocenters. The molecule has 0 unspecified atom stereocenters. The number of hydrogen-bond acceptors (Lipinski definition) is 4. The topological polar surface area (TPSA) is 66.5 Å². The average molecular weight is 289 g/mol. The van der Waals surface area contributed by atoms with Crippen molar-refractivity contribution < 1.29 is 0 Å². The predicted molar refractivity (Wildman–Crippen MR) is 88.3 cm³/mol. The first kappa shape index (κ1) is 12.8. The monoisotopic (exact) mass is 289 g/mol. The molecule has 3 heterocycles. The van der Waals surface area contributed by atoms with Crippen molar-refractivity contribution in [3.8, 4) is 0 Å². The lowest BCUT2D eigenvalue weighted by atomic mass is 10.1. The third kappa shape index (κ3) is 2.07. The number of hydrogen-bond donors (Lipinski definition) is 2. The maximum Gasteiger partial charge on any atom is 0.183 e. The van der Waals surface area contributed by atoms with Gasteiger partial charge in [-0.3, -0.25) is 10.1 Å². The van der Waals surface area contributed by atoms with E-state index in [9.17, 15) is 0 Å². The Kier molecular flexibility index (Phi) is 2.96. The molecule has 0 spiro atoms. The Morgan fingerprint density at radius 2 is 2.00 bits per heavy atom. The Balaban J connectivity index is 1.75. The number of aromatic nitrogens is 4. The van der Waals surface area contributed by atoms with E-state index in [1.807, 2.05) is 24.4 Å². The molecule has 2 N–H and O–H groups in total. The van der Waals surface area contributed by atoms with Gasteiger partial charge < -0.3 is 5.32 Å². The van der Waals surface area contributed by atoms with Crippen molar-refractivity contribution >= 4 is 33.3 Å². The van der Waals surface area contributed by atoms with E-state index in [4.69, 9.17) is 0 Å². The third-order valence-corrected chi connectivity index (χ3v) is 3.78. The van der Waals surface area contributed by atoms with Gasteiger partial charge in [-0.1, -0.05) is 13.0 Å². The van der Waals surface area contributed by atoms with Gasteiger partial charge in [-0.15, -0.1) is 0 Å². The summed E-state index contributed by atoms with van der Waals surface area (Å²) >= 11 is 0. The molecule has 0 amide bonds. The van der Waals surface area contributed by atoms with E-state index < -0.39 is 0 Å². The second-order valence-corrected chi connectivity index (χ2v) is 5.15. The van der Waals surface area contributed by atoms with Crippen LogP contribution in [0.5, 0.6) is 0 Å². The molecule has 3 aromatic heterocycles. The van der Waals surface area contributed by atoms with Gasteiger partial charge in [0.2, 0.25) is 0 Å². The number of aryl methyl sites for hydroxylation is 1. The van der Waals surface area contributed by atoms with Gasteiger partial charge in [0, 0.05) is 29.2 Å². The highest BCUT2D eigenvalue weighted by molar-refractivity contribution is 5.92. The van der Waals surface area contributed by atoms with Crippen molar-refractivity contribution in [2.45, 2.75) is 13.3 Å². The molecule has 4 aromatic rings. The van der Waals surface area contributed by atoms with Crippen molar-refractivity contribution in [1.82, 2.24) is 20.2 Å². The molecule has 0 aliphatic heterocycles. The molecule has 0 fully saturated rings. The highest BCUT2D eigenvalue weighted by Crippen LogP contribution is 2.26. The second-order valence-electron chi connectivity index (χ2n) is 5.15. The van der Waals surface area contributed by atoms with Crippen LogP contribution in [0, 0.1) is 0 Å². The number of anilines is 2. The summed E-state index contributed by atoms with van der Waals surface area (Å²) in [5.74, 6) is 0.854. The van der Waals surface area contributed by atoms with E-state index in [1.165, 1.54) is 10.8 Å². The van der Waals surface area contributed by atoms with E-state index in [-0.39, 0.29) is 0 Å². The molecule has 1 aromatic carbocycles. The lowest BCUT2D eigenvalue weighted by Gasteiger charge is -2.08. The number of pyridine rings is 2. The van der Waals surface area contributed by atoms with E-state index in [0.717, 1.165) is 29.0 Å². The summed E-state index contributed by atoms with van der Waals surface area (Å²) in [5, 5.41) is 13.9. The first-order chi connectivity index (χ1) is 10.8. The number of nitrogens with zero attached hydrogens (tertiary/aromatic N) is 3. The number of benzene rings is 1. The number of nitrogens with one attached hydrogen (secondary N) is 2. The van der Waals surface area contributed by atoms with Gasteiger partial charge in [0.05, 0.1) is 5.39 Å². The van der Waals surface area contributed by atoms with Gasteiger partial charge in [-0.25, -0.2) is 4.98 Å². The minimum absolute atomic E-state index is 0.711. The maximum absolute atomic E-state index is 4.43. The molecule has 0 saturated heterocycles. The van der Waals surface area contributed by atoms with E-state index >= 15 is 0 Å². The van der Waals surface area contributed by atoms with Crippen LogP contribution < -0.4 is 5.32 Å². The predicted octanol–water partition coefficient (Wildman–Crippen LogP) is 3.81. The molecule has 0 bridgehead atoms. The molecule has 0 saturated carbocycles. The number of H-pyrrole nitrogens is 1. The molecular formula is C17H15N5. The zero-order chi connectivity index (χ0) is 14.9. The first-order valence-electron chi connectivity index (χ1n) is 7.29. The molecule has 22 heavy (non-hydrogen) atoms. The highest BCUT2D eigenvalue weighted by Gasteiger charge is 2.07. The van der Waals surface area contributed by atoms with Gasteiger partial charge in [-0.05, 0) is 42.1 Å². The Bertz CT molecular complexity index is 958. The van der Waals surface area contributed by atoms with Crippen molar-refractivity contribution in [2.75, 3.05) is 5.32 Å². The molecule has 5 heteroatoms. The lowest BCUT2D eigenvalue weighted by molar-refractivity contribution is 1.06. The van der Waals surface area contributed by atoms with Crippen LogP contribution in [-0.4, -0.2) is 20.2 Å². The highest BCUT2D eigenvalue weighted by atomic mass is 15.2. The van der Waals surface area contributed by atoms with Crippen molar-refractivity contribution in [2.24, 2.45) is 0 Å². The summed E-state index contributed by atoms with van der Waals surface area (Å²) in [5.41, 5.74) is 2.85. The van der Waals surface area contributed by atoms with Crippen LogP contribution in [0.3, 0.4) is 0 Å². The third-order valence-electron chi connectivity index (χ3n) is 3.78. The van der Waals surface area contributed by atoms with Crippen molar-refractivity contribution in [3.63, 3.8) is 0 Å². The summed E-state index contributed by atoms with van der Waals surface area (Å²) < 4.78 is 0. The Hall–Kier alpha value is -2.95. The summed E-state index contributed by atoms with van der Waals surface area (Å²) in [6.07, 6.45) is 4.53. The van der Waals surface area contributed by atoms with Crippen molar-refractivity contribution in [3.05, 3.63) is 54.5 Å². The summed E-state index contributed by atoms with van der Waals surface area (Å²) in [6, 6.07) is 12.2. The van der Waals surface area contributed by atoms with Crippen LogP contribution in [0.1, 0.15) is 12.6 Å². The van der Waals surface area contributed by atoms with Gasteiger partial charge in [-0.2, -0.15) is 5.10 Å². The fraction of sp³-hybridized carbons (Fsp3) is 0.118. The van der Waals surface area contributed by atoms with Gasteiger partial charge in [0.25, 0.3) is 0 Å². The van der Waals surface area contributed by atoms with Crippen LogP contribution in [0.15, 0.2) is 48.8 Å². The minimum atomic E-state index is 0.711. The SMILES string of the molecule is CCc1nccc2cc(Nc3[nH]nc4ncccc34)ccc12. The van der Waals surface area contributed by atoms with Crippen LogP contribution in [0.25, 0.3) is 21.8 Å². The normalized spacial score (nSPS) is 11.1. The van der Waals surface area contributed by atoms with Crippen LogP contribution >= 0.6 is 0 Å². The number of fused-ring (bicyclic) bond motifs is 2. The summed E-state index contributed by atoms with van der Waals surface area (Å²) in [4.78, 5) is 8.65. The summed E-state index contributed by atoms with van der Waals surface area (Å²) in [7, 11) is 0. The van der Waals surface area contributed by atoms with Crippen LogP contribution in [-0.2, 0) is 6.42 Å². The van der Waals surface area contributed by atoms with E-state index in [1.54, 1.807) is 6.20 Å². The zero-order valence-corrected chi connectivity index (χ0v) is 12.2. The molecule has 0 aliphatic carbocycles. The second kappa shape index (κ2) is 5.11. The van der Waals surface area contributed by atoms with Crippen LogP contribution in [0.2, 0.25) is 0 Å². The maximum atomic E-state index is 4.43. The first-order valence-corrected chi connectivity index (χ1v) is 7.29. The molecule has 5 nitrogen and oxygen atoms in total. The molecule has 4 rings (SSSR count). The Morgan fingerprint density at radius 3 is 2.91 bits per heavy atom. The standard InChI is InChI=1S/C17H15N5/c1-2-15-13-6-5-12(10-11(13)7-9-18-15)20-17-14-4-3-8-19-16(14)21-22-17/h3-10H,2H2,1H3,(H2,19,20,21,22). The van der Waals surface area contributed by atoms with Gasteiger partial charge in [0.15, 0.2) is 5.65 Å².